The van der Waals surface area contributed by atoms with Gasteiger partial charge < -0.3 is 14.3 Å². The zero-order chi connectivity index (χ0) is 20.5. The summed E-state index contributed by atoms with van der Waals surface area (Å²) >= 11 is 0. The predicted octanol–water partition coefficient (Wildman–Crippen LogP) is 3.44. The van der Waals surface area contributed by atoms with Crippen LogP contribution in [-0.2, 0) is 4.84 Å². The molecule has 1 fully saturated rings. The average Bonchev–Trinajstić information content (AvgIpc) is 3.50. The van der Waals surface area contributed by atoms with Crippen molar-refractivity contribution >= 4 is 17.8 Å². The van der Waals surface area contributed by atoms with E-state index < -0.39 is 24.4 Å². The Morgan fingerprint density at radius 3 is 2.28 bits per heavy atom. The third kappa shape index (κ3) is 3.89. The van der Waals surface area contributed by atoms with E-state index in [2.05, 4.69) is 4.74 Å². The summed E-state index contributed by atoms with van der Waals surface area (Å²) in [5.74, 6) is -2.47. The second kappa shape index (κ2) is 7.50. The van der Waals surface area contributed by atoms with Crippen LogP contribution in [-0.4, -0.2) is 36.1 Å². The molecule has 4 rings (SSSR count). The molecule has 0 unspecified atom stereocenters. The first-order chi connectivity index (χ1) is 13.9. The number of nitrogens with zero attached hydrogens (tertiary/aromatic N) is 1. The Kier molecular flexibility index (Phi) is 4.87. The molecular formula is C20H15F2NO6. The minimum atomic E-state index is -3.06. The molecule has 150 valence electrons. The second-order valence-corrected chi connectivity index (χ2v) is 6.62. The Morgan fingerprint density at radius 2 is 1.69 bits per heavy atom. The van der Waals surface area contributed by atoms with Crippen molar-refractivity contribution in [2.45, 2.75) is 19.5 Å². The highest BCUT2D eigenvalue weighted by Crippen LogP contribution is 2.34. The van der Waals surface area contributed by atoms with E-state index in [1.165, 1.54) is 24.3 Å². The molecule has 0 spiro atoms. The number of carbonyl (C=O) groups is 3. The van der Waals surface area contributed by atoms with Crippen molar-refractivity contribution in [3.63, 3.8) is 0 Å². The summed E-state index contributed by atoms with van der Waals surface area (Å²) < 4.78 is 35.1. The van der Waals surface area contributed by atoms with Crippen LogP contribution in [0.2, 0.25) is 0 Å². The predicted molar refractivity (Wildman–Crippen MR) is 93.7 cm³/mol. The standard InChI is InChI=1S/C20H15F2NO6/c21-20(22)28-15-8-7-12(9-16(15)27-10-11-5-6-11)19(26)29-23-17(24)13-3-1-2-4-14(13)18(23)25/h1-4,7-9,11,20H,5-6,10H2. The normalized spacial score (nSPS) is 15.5. The van der Waals surface area contributed by atoms with Crippen molar-refractivity contribution in [2.75, 3.05) is 6.61 Å². The topological polar surface area (TPSA) is 82.1 Å². The smallest absolute Gasteiger partial charge is 0.387 e. The molecule has 2 aromatic rings. The van der Waals surface area contributed by atoms with Gasteiger partial charge in [-0.05, 0) is 49.1 Å². The fourth-order valence-electron chi connectivity index (χ4n) is 2.82. The first kappa shape index (κ1) is 18.9. The van der Waals surface area contributed by atoms with Gasteiger partial charge in [-0.2, -0.15) is 8.78 Å². The summed E-state index contributed by atoms with van der Waals surface area (Å²) in [6.07, 6.45) is 1.96. The van der Waals surface area contributed by atoms with Gasteiger partial charge in [-0.3, -0.25) is 9.59 Å². The highest BCUT2D eigenvalue weighted by molar-refractivity contribution is 6.21. The van der Waals surface area contributed by atoms with E-state index >= 15 is 0 Å². The van der Waals surface area contributed by atoms with Crippen LogP contribution in [0.25, 0.3) is 0 Å². The SMILES string of the molecule is O=C(ON1C(=O)c2ccccc2C1=O)c1ccc(OC(F)F)c(OCC2CC2)c1. The van der Waals surface area contributed by atoms with Gasteiger partial charge in [0.2, 0.25) is 0 Å². The van der Waals surface area contributed by atoms with Gasteiger partial charge in [0.25, 0.3) is 11.8 Å². The molecule has 29 heavy (non-hydrogen) atoms. The number of halogens is 2. The van der Waals surface area contributed by atoms with Crippen LogP contribution in [0.4, 0.5) is 8.78 Å². The van der Waals surface area contributed by atoms with Crippen molar-refractivity contribution in [2.24, 2.45) is 5.92 Å². The molecule has 1 aliphatic carbocycles. The van der Waals surface area contributed by atoms with E-state index in [9.17, 15) is 23.2 Å². The minimum absolute atomic E-state index is 0.0472. The highest BCUT2D eigenvalue weighted by atomic mass is 19.3. The van der Waals surface area contributed by atoms with E-state index in [0.29, 0.717) is 17.6 Å². The molecule has 0 N–H and O–H groups in total. The molecule has 2 aromatic carbocycles. The minimum Gasteiger partial charge on any atom is -0.489 e. The van der Waals surface area contributed by atoms with Crippen LogP contribution >= 0.6 is 0 Å². The lowest BCUT2D eigenvalue weighted by molar-refractivity contribution is -0.0586. The van der Waals surface area contributed by atoms with Crippen molar-refractivity contribution in [3.05, 3.63) is 59.2 Å². The van der Waals surface area contributed by atoms with Crippen molar-refractivity contribution in [1.29, 1.82) is 0 Å². The van der Waals surface area contributed by atoms with Crippen molar-refractivity contribution in [3.8, 4) is 11.5 Å². The Balaban J connectivity index is 1.53. The van der Waals surface area contributed by atoms with E-state index in [-0.39, 0.29) is 28.2 Å². The van der Waals surface area contributed by atoms with E-state index in [4.69, 9.17) is 9.57 Å². The molecule has 0 saturated heterocycles. The third-order valence-electron chi connectivity index (χ3n) is 4.50. The number of benzene rings is 2. The second-order valence-electron chi connectivity index (χ2n) is 6.62. The van der Waals surface area contributed by atoms with E-state index in [1.807, 2.05) is 0 Å². The molecule has 1 aliphatic heterocycles. The Bertz CT molecular complexity index is 954. The lowest BCUT2D eigenvalue weighted by Gasteiger charge is -2.15. The third-order valence-corrected chi connectivity index (χ3v) is 4.50. The highest BCUT2D eigenvalue weighted by Gasteiger charge is 2.39. The molecule has 1 saturated carbocycles. The van der Waals surface area contributed by atoms with Crippen molar-refractivity contribution < 1.29 is 37.5 Å². The van der Waals surface area contributed by atoms with Gasteiger partial charge in [0, 0.05) is 0 Å². The van der Waals surface area contributed by atoms with Gasteiger partial charge in [-0.15, -0.1) is 0 Å². The van der Waals surface area contributed by atoms with Gasteiger partial charge in [0.1, 0.15) is 0 Å². The van der Waals surface area contributed by atoms with Crippen molar-refractivity contribution in [1.82, 2.24) is 5.06 Å². The lowest BCUT2D eigenvalue weighted by atomic mass is 10.1. The number of imide groups is 1. The molecule has 0 radical (unpaired) electrons. The van der Waals surface area contributed by atoms with E-state index in [0.717, 1.165) is 18.9 Å². The number of fused-ring (bicyclic) bond motifs is 1. The van der Waals surface area contributed by atoms with E-state index in [1.54, 1.807) is 12.1 Å². The molecule has 2 amide bonds. The number of amides is 2. The number of ether oxygens (including phenoxy) is 2. The molecule has 9 heteroatoms. The molecule has 7 nitrogen and oxygen atoms in total. The summed E-state index contributed by atoms with van der Waals surface area (Å²) in [7, 11) is 0. The maximum Gasteiger partial charge on any atom is 0.387 e. The Morgan fingerprint density at radius 1 is 1.03 bits per heavy atom. The van der Waals surface area contributed by atoms with Gasteiger partial charge in [-0.25, -0.2) is 4.79 Å². The van der Waals surface area contributed by atoms with Crippen LogP contribution in [0.3, 0.4) is 0 Å². The van der Waals surface area contributed by atoms with Gasteiger partial charge in [-0.1, -0.05) is 17.2 Å². The fourth-order valence-corrected chi connectivity index (χ4v) is 2.82. The number of hydrogen-bond acceptors (Lipinski definition) is 6. The molecular weight excluding hydrogens is 388 g/mol. The number of hydroxylamine groups is 2. The number of hydrogen-bond donors (Lipinski definition) is 0. The average molecular weight is 403 g/mol. The summed E-state index contributed by atoms with van der Waals surface area (Å²) in [6, 6.07) is 9.57. The Hall–Kier alpha value is -3.49. The number of rotatable bonds is 7. The summed E-state index contributed by atoms with van der Waals surface area (Å²) in [4.78, 5) is 42.0. The number of alkyl halides is 2. The largest absolute Gasteiger partial charge is 0.489 e. The van der Waals surface area contributed by atoms with Crippen LogP contribution in [0, 0.1) is 5.92 Å². The van der Waals surface area contributed by atoms with Gasteiger partial charge in [0.05, 0.1) is 23.3 Å². The van der Waals surface area contributed by atoms with Gasteiger partial charge in [0.15, 0.2) is 11.5 Å². The lowest BCUT2D eigenvalue weighted by Crippen LogP contribution is -2.32. The maximum absolute atomic E-state index is 12.6. The molecule has 2 aliphatic rings. The number of carbonyl (C=O) groups excluding carboxylic acids is 3. The van der Waals surface area contributed by atoms with Crippen LogP contribution in [0.5, 0.6) is 11.5 Å². The zero-order valence-electron chi connectivity index (χ0n) is 15.0. The summed E-state index contributed by atoms with van der Waals surface area (Å²) in [5.41, 5.74) is 0.160. The Labute approximate surface area is 163 Å². The van der Waals surface area contributed by atoms with Crippen LogP contribution in [0.15, 0.2) is 42.5 Å². The van der Waals surface area contributed by atoms with Crippen LogP contribution in [0.1, 0.15) is 43.9 Å². The van der Waals surface area contributed by atoms with Crippen LogP contribution < -0.4 is 9.47 Å². The first-order valence-electron chi connectivity index (χ1n) is 8.86. The quantitative estimate of drug-likeness (QED) is 0.659. The summed E-state index contributed by atoms with van der Waals surface area (Å²) in [6.45, 7) is -2.76. The molecule has 1 heterocycles. The molecule has 0 bridgehead atoms. The van der Waals surface area contributed by atoms with Gasteiger partial charge >= 0.3 is 12.6 Å². The monoisotopic (exact) mass is 403 g/mol. The first-order valence-corrected chi connectivity index (χ1v) is 8.86. The zero-order valence-corrected chi connectivity index (χ0v) is 15.0. The molecule has 0 aromatic heterocycles. The molecule has 0 atom stereocenters. The maximum atomic E-state index is 12.6. The fraction of sp³-hybridized carbons (Fsp3) is 0.250. The summed E-state index contributed by atoms with van der Waals surface area (Å²) in [5, 5.41) is 0.376.